The van der Waals surface area contributed by atoms with Gasteiger partial charge in [-0.2, -0.15) is 0 Å². The fraction of sp³-hybridized carbons (Fsp3) is 0.231. The van der Waals surface area contributed by atoms with E-state index in [-0.39, 0.29) is 17.7 Å². The third-order valence-corrected chi connectivity index (χ3v) is 5.14. The number of nitrogens with one attached hydrogen (secondary N) is 2. The summed E-state index contributed by atoms with van der Waals surface area (Å²) in [6.07, 6.45) is 0.721. The molecule has 0 fully saturated rings. The van der Waals surface area contributed by atoms with E-state index in [2.05, 4.69) is 22.8 Å². The van der Waals surface area contributed by atoms with Gasteiger partial charge < -0.3 is 10.6 Å². The first-order valence-corrected chi connectivity index (χ1v) is 10.2. The highest BCUT2D eigenvalue weighted by atomic mass is 16.2. The van der Waals surface area contributed by atoms with Crippen LogP contribution in [0.5, 0.6) is 0 Å². The van der Waals surface area contributed by atoms with E-state index < -0.39 is 6.04 Å². The second-order valence-electron chi connectivity index (χ2n) is 7.82. The molecule has 4 nitrogen and oxygen atoms in total. The topological polar surface area (TPSA) is 58.2 Å². The molecule has 3 rings (SSSR count). The normalized spacial score (nSPS) is 11.7. The molecule has 4 heteroatoms. The third-order valence-electron chi connectivity index (χ3n) is 5.14. The number of carbonyl (C=O) groups is 2. The number of aryl methyl sites for hydroxylation is 1. The molecule has 3 aromatic carbocycles. The van der Waals surface area contributed by atoms with Crippen LogP contribution in [0.15, 0.2) is 78.9 Å². The lowest BCUT2D eigenvalue weighted by molar-refractivity contribution is -0.118. The molecule has 154 valence electrons. The Bertz CT molecular complexity index is 1010. The summed E-state index contributed by atoms with van der Waals surface area (Å²) in [5.74, 6) is -0.508. The Balaban J connectivity index is 1.76. The van der Waals surface area contributed by atoms with E-state index in [9.17, 15) is 9.59 Å². The predicted molar refractivity (Wildman–Crippen MR) is 122 cm³/mol. The van der Waals surface area contributed by atoms with Gasteiger partial charge in [0.2, 0.25) is 5.91 Å². The van der Waals surface area contributed by atoms with Crippen LogP contribution in [-0.4, -0.2) is 17.9 Å². The van der Waals surface area contributed by atoms with Gasteiger partial charge in [-0.25, -0.2) is 0 Å². The summed E-state index contributed by atoms with van der Waals surface area (Å²) in [6, 6.07) is 24.7. The van der Waals surface area contributed by atoms with Gasteiger partial charge in [0.1, 0.15) is 6.04 Å². The van der Waals surface area contributed by atoms with Gasteiger partial charge in [0.25, 0.3) is 5.91 Å². The number of carbonyl (C=O) groups excluding carboxylic acids is 2. The molecule has 0 radical (unpaired) electrons. The third kappa shape index (κ3) is 5.35. The standard InChI is InChI=1S/C26H28N2O2/c1-18(2)24(28-25(29)22-15-9-7-11-19(22)3)26(30)27-23-16-10-8-14-21(23)17-20-12-5-4-6-13-20/h4-16,18,24H,17H2,1-3H3,(H,27,30)(H,28,29)/t24-/m0/s1. The smallest absolute Gasteiger partial charge is 0.252 e. The maximum absolute atomic E-state index is 13.1. The summed E-state index contributed by atoms with van der Waals surface area (Å²) in [5.41, 5.74) is 4.44. The van der Waals surface area contributed by atoms with Crippen LogP contribution in [0.4, 0.5) is 5.69 Å². The fourth-order valence-corrected chi connectivity index (χ4v) is 3.40. The van der Waals surface area contributed by atoms with E-state index in [0.29, 0.717) is 5.56 Å². The van der Waals surface area contributed by atoms with Crippen molar-refractivity contribution in [3.05, 3.63) is 101 Å². The van der Waals surface area contributed by atoms with Crippen molar-refractivity contribution in [1.29, 1.82) is 0 Å². The molecule has 0 unspecified atom stereocenters. The van der Waals surface area contributed by atoms with Gasteiger partial charge in [0, 0.05) is 11.3 Å². The second kappa shape index (κ2) is 9.88. The Morgan fingerprint density at radius 2 is 1.47 bits per heavy atom. The van der Waals surface area contributed by atoms with E-state index in [0.717, 1.165) is 23.2 Å². The summed E-state index contributed by atoms with van der Waals surface area (Å²) in [5, 5.41) is 5.94. The van der Waals surface area contributed by atoms with Crippen LogP contribution in [0, 0.1) is 12.8 Å². The van der Waals surface area contributed by atoms with Gasteiger partial charge in [-0.15, -0.1) is 0 Å². The predicted octanol–water partition coefficient (Wildman–Crippen LogP) is 4.98. The molecular formula is C26H28N2O2. The molecular weight excluding hydrogens is 372 g/mol. The van der Waals surface area contributed by atoms with Gasteiger partial charge in [0.05, 0.1) is 0 Å². The molecule has 0 saturated heterocycles. The molecule has 0 aliphatic rings. The largest absolute Gasteiger partial charge is 0.340 e. The fourth-order valence-electron chi connectivity index (χ4n) is 3.40. The summed E-state index contributed by atoms with van der Waals surface area (Å²) in [6.45, 7) is 5.75. The monoisotopic (exact) mass is 400 g/mol. The zero-order chi connectivity index (χ0) is 21.5. The summed E-state index contributed by atoms with van der Waals surface area (Å²) < 4.78 is 0. The van der Waals surface area contributed by atoms with Gasteiger partial charge in [-0.05, 0) is 48.1 Å². The van der Waals surface area contributed by atoms with Gasteiger partial charge in [-0.3, -0.25) is 9.59 Å². The number of rotatable bonds is 7. The Labute approximate surface area is 178 Å². The zero-order valence-corrected chi connectivity index (χ0v) is 17.7. The van der Waals surface area contributed by atoms with Crippen molar-refractivity contribution in [1.82, 2.24) is 5.32 Å². The molecule has 1 atom stereocenters. The molecule has 0 aliphatic heterocycles. The van der Waals surface area contributed by atoms with Crippen LogP contribution >= 0.6 is 0 Å². The molecule has 0 spiro atoms. The van der Waals surface area contributed by atoms with E-state index in [1.807, 2.05) is 81.4 Å². The number of para-hydroxylation sites is 1. The lowest BCUT2D eigenvalue weighted by Gasteiger charge is -2.23. The maximum atomic E-state index is 13.1. The molecule has 3 aromatic rings. The average molecular weight is 401 g/mol. The maximum Gasteiger partial charge on any atom is 0.252 e. The SMILES string of the molecule is Cc1ccccc1C(=O)N[C@H](C(=O)Nc1ccccc1Cc1ccccc1)C(C)C. The van der Waals surface area contributed by atoms with E-state index >= 15 is 0 Å². The number of amides is 2. The van der Waals surface area contributed by atoms with Crippen LogP contribution in [0.1, 0.15) is 40.9 Å². The quantitative estimate of drug-likeness (QED) is 0.588. The Morgan fingerprint density at radius 3 is 2.17 bits per heavy atom. The van der Waals surface area contributed by atoms with Crippen molar-refractivity contribution in [3.8, 4) is 0 Å². The second-order valence-corrected chi connectivity index (χ2v) is 7.82. The highest BCUT2D eigenvalue weighted by Gasteiger charge is 2.25. The summed E-state index contributed by atoms with van der Waals surface area (Å²) in [4.78, 5) is 25.8. The number of benzene rings is 3. The average Bonchev–Trinajstić information content (AvgIpc) is 2.74. The summed E-state index contributed by atoms with van der Waals surface area (Å²) in [7, 11) is 0. The van der Waals surface area contributed by atoms with Crippen molar-refractivity contribution in [2.45, 2.75) is 33.2 Å². The van der Waals surface area contributed by atoms with E-state index in [1.165, 1.54) is 5.56 Å². The van der Waals surface area contributed by atoms with Crippen LogP contribution in [-0.2, 0) is 11.2 Å². The highest BCUT2D eigenvalue weighted by molar-refractivity contribution is 6.02. The Hall–Kier alpha value is -3.40. The number of hydrogen-bond donors (Lipinski definition) is 2. The first-order valence-electron chi connectivity index (χ1n) is 10.2. The first-order chi connectivity index (χ1) is 14.5. The van der Waals surface area contributed by atoms with Crippen molar-refractivity contribution in [2.75, 3.05) is 5.32 Å². The lowest BCUT2D eigenvalue weighted by Crippen LogP contribution is -2.47. The molecule has 0 heterocycles. The minimum absolute atomic E-state index is 0.0562. The van der Waals surface area contributed by atoms with Crippen molar-refractivity contribution in [3.63, 3.8) is 0 Å². The molecule has 0 bridgehead atoms. The highest BCUT2D eigenvalue weighted by Crippen LogP contribution is 2.20. The van der Waals surface area contributed by atoms with Gasteiger partial charge >= 0.3 is 0 Å². The number of hydrogen-bond acceptors (Lipinski definition) is 2. The minimum Gasteiger partial charge on any atom is -0.340 e. The van der Waals surface area contributed by atoms with E-state index in [1.54, 1.807) is 6.07 Å². The number of anilines is 1. The van der Waals surface area contributed by atoms with Crippen LogP contribution < -0.4 is 10.6 Å². The zero-order valence-electron chi connectivity index (χ0n) is 17.7. The lowest BCUT2D eigenvalue weighted by atomic mass is 10.0. The molecule has 30 heavy (non-hydrogen) atoms. The van der Waals surface area contributed by atoms with Crippen molar-refractivity contribution < 1.29 is 9.59 Å². The Kier molecular flexibility index (Phi) is 7.02. The molecule has 2 N–H and O–H groups in total. The van der Waals surface area contributed by atoms with E-state index in [4.69, 9.17) is 0 Å². The van der Waals surface area contributed by atoms with Crippen LogP contribution in [0.2, 0.25) is 0 Å². The first kappa shape index (κ1) is 21.3. The van der Waals surface area contributed by atoms with Crippen LogP contribution in [0.25, 0.3) is 0 Å². The minimum atomic E-state index is -0.637. The molecule has 0 aromatic heterocycles. The van der Waals surface area contributed by atoms with Crippen LogP contribution in [0.3, 0.4) is 0 Å². The van der Waals surface area contributed by atoms with Crippen molar-refractivity contribution in [2.24, 2.45) is 5.92 Å². The van der Waals surface area contributed by atoms with Gasteiger partial charge in [-0.1, -0.05) is 80.6 Å². The van der Waals surface area contributed by atoms with Gasteiger partial charge in [0.15, 0.2) is 0 Å². The summed E-state index contributed by atoms with van der Waals surface area (Å²) >= 11 is 0. The molecule has 0 saturated carbocycles. The molecule has 0 aliphatic carbocycles. The van der Waals surface area contributed by atoms with Crippen molar-refractivity contribution >= 4 is 17.5 Å². The molecule has 2 amide bonds. The Morgan fingerprint density at radius 1 is 0.833 bits per heavy atom.